The van der Waals surface area contributed by atoms with Crippen molar-refractivity contribution in [2.24, 2.45) is 0 Å². The van der Waals surface area contributed by atoms with Crippen molar-refractivity contribution in [2.75, 3.05) is 43.0 Å². The van der Waals surface area contributed by atoms with Gasteiger partial charge in [0.05, 0.1) is 17.9 Å². The van der Waals surface area contributed by atoms with E-state index in [0.29, 0.717) is 30.5 Å². The van der Waals surface area contributed by atoms with Crippen molar-refractivity contribution in [1.82, 2.24) is 4.90 Å². The van der Waals surface area contributed by atoms with E-state index in [9.17, 15) is 13.6 Å². The number of anilines is 2. The largest absolute Gasteiger partial charge is 0.361 e. The van der Waals surface area contributed by atoms with Gasteiger partial charge in [-0.15, -0.1) is 0 Å². The predicted octanol–water partition coefficient (Wildman–Crippen LogP) is 4.21. The molecule has 0 spiro atoms. The Hall–Kier alpha value is -2.47. The molecule has 4 nitrogen and oxygen atoms in total. The van der Waals surface area contributed by atoms with Gasteiger partial charge >= 0.3 is 0 Å². The maximum atomic E-state index is 14.6. The summed E-state index contributed by atoms with van der Waals surface area (Å²) in [6.45, 7) is 3.23. The number of likely N-dealkylation sites (tertiary alicyclic amines) is 1. The van der Waals surface area contributed by atoms with Crippen molar-refractivity contribution in [2.45, 2.75) is 37.5 Å². The van der Waals surface area contributed by atoms with Gasteiger partial charge in [-0.25, -0.2) is 8.78 Å². The molecule has 3 aliphatic rings. The molecule has 1 saturated heterocycles. The van der Waals surface area contributed by atoms with Crippen LogP contribution in [0.5, 0.6) is 0 Å². The standard InChI is InChI=1S/C24H27F2N3O/c1-27-21-5-2-4-18-19-14-28(13-11-20(19)29(24(18)21)15-23(27)26)12-3-6-22(30)16-7-9-17(25)10-8-16/h2,4-5,7-10,19-20,23H,3,6,11-15H2,1H3/t19-,20-,23?/m0/s1. The van der Waals surface area contributed by atoms with Gasteiger partial charge in [-0.05, 0) is 55.3 Å². The number of rotatable bonds is 5. The number of ketones is 1. The van der Waals surface area contributed by atoms with Crippen LogP contribution in [0.2, 0.25) is 0 Å². The highest BCUT2D eigenvalue weighted by atomic mass is 19.1. The molecule has 3 heterocycles. The molecule has 0 aliphatic carbocycles. The fourth-order valence-corrected chi connectivity index (χ4v) is 5.41. The van der Waals surface area contributed by atoms with Crippen LogP contribution in [-0.4, -0.2) is 56.2 Å². The predicted molar refractivity (Wildman–Crippen MR) is 115 cm³/mol. The minimum atomic E-state index is -0.970. The zero-order valence-corrected chi connectivity index (χ0v) is 17.2. The number of carbonyl (C=O) groups is 1. The second-order valence-electron chi connectivity index (χ2n) is 8.71. The first-order chi connectivity index (χ1) is 14.5. The number of halogens is 2. The van der Waals surface area contributed by atoms with Crippen molar-refractivity contribution in [3.05, 3.63) is 59.4 Å². The number of carbonyl (C=O) groups excluding carboxylic acids is 1. The van der Waals surface area contributed by atoms with Gasteiger partial charge in [0.15, 0.2) is 12.1 Å². The second kappa shape index (κ2) is 7.65. The maximum Gasteiger partial charge on any atom is 0.189 e. The number of benzene rings is 2. The van der Waals surface area contributed by atoms with Crippen LogP contribution in [0.1, 0.15) is 41.1 Å². The third-order valence-corrected chi connectivity index (χ3v) is 6.99. The molecule has 0 amide bonds. The van der Waals surface area contributed by atoms with E-state index in [2.05, 4.69) is 15.9 Å². The molecule has 158 valence electrons. The summed E-state index contributed by atoms with van der Waals surface area (Å²) >= 11 is 0. The first-order valence-electron chi connectivity index (χ1n) is 10.8. The summed E-state index contributed by atoms with van der Waals surface area (Å²) in [6, 6.07) is 12.4. The highest BCUT2D eigenvalue weighted by Crippen LogP contribution is 2.51. The van der Waals surface area contributed by atoms with Crippen molar-refractivity contribution in [3.63, 3.8) is 0 Å². The van der Waals surface area contributed by atoms with Gasteiger partial charge in [-0.3, -0.25) is 4.79 Å². The summed E-state index contributed by atoms with van der Waals surface area (Å²) in [5, 5.41) is 0. The SMILES string of the molecule is CN1c2cccc3c2N(CC1F)[C@H]1CCN(CCCC(=O)c2ccc(F)cc2)C[C@@H]31. The van der Waals surface area contributed by atoms with Crippen molar-refractivity contribution >= 4 is 17.2 Å². The molecule has 0 bridgehead atoms. The highest BCUT2D eigenvalue weighted by Gasteiger charge is 2.46. The van der Waals surface area contributed by atoms with Crippen LogP contribution in [-0.2, 0) is 0 Å². The monoisotopic (exact) mass is 411 g/mol. The molecule has 2 aromatic rings. The van der Waals surface area contributed by atoms with E-state index in [1.807, 2.05) is 19.2 Å². The number of hydrogen-bond acceptors (Lipinski definition) is 4. The highest BCUT2D eigenvalue weighted by molar-refractivity contribution is 5.95. The molecule has 0 aromatic heterocycles. The summed E-state index contributed by atoms with van der Waals surface area (Å²) < 4.78 is 27.6. The minimum Gasteiger partial charge on any atom is -0.361 e. The number of para-hydroxylation sites is 1. The number of piperidine rings is 1. The van der Waals surface area contributed by atoms with E-state index < -0.39 is 6.30 Å². The van der Waals surface area contributed by atoms with Crippen molar-refractivity contribution in [3.8, 4) is 0 Å². The fourth-order valence-electron chi connectivity index (χ4n) is 5.41. The average molecular weight is 411 g/mol. The quantitative estimate of drug-likeness (QED) is 0.544. The first kappa shape index (κ1) is 19.5. The molecule has 3 aliphatic heterocycles. The molecule has 2 aromatic carbocycles. The lowest BCUT2D eigenvalue weighted by Crippen LogP contribution is -2.51. The molecule has 1 unspecified atom stereocenters. The lowest BCUT2D eigenvalue weighted by Gasteiger charge is -2.42. The van der Waals surface area contributed by atoms with Gasteiger partial charge in [0.25, 0.3) is 0 Å². The summed E-state index contributed by atoms with van der Waals surface area (Å²) in [4.78, 5) is 18.8. The summed E-state index contributed by atoms with van der Waals surface area (Å²) in [5.74, 6) is 0.132. The van der Waals surface area contributed by atoms with Gasteiger partial charge in [0.2, 0.25) is 0 Å². The molecular weight excluding hydrogens is 384 g/mol. The molecule has 30 heavy (non-hydrogen) atoms. The normalized spacial score (nSPS) is 25.2. The number of Topliss-reactive ketones (excluding diaryl/α,β-unsaturated/α-hetero) is 1. The van der Waals surface area contributed by atoms with Crippen molar-refractivity contribution in [1.29, 1.82) is 0 Å². The second-order valence-corrected chi connectivity index (χ2v) is 8.71. The van der Waals surface area contributed by atoms with Crippen LogP contribution >= 0.6 is 0 Å². The molecule has 6 heteroatoms. The van der Waals surface area contributed by atoms with Gasteiger partial charge in [-0.2, -0.15) is 0 Å². The Balaban J connectivity index is 1.23. The first-order valence-corrected chi connectivity index (χ1v) is 10.8. The summed E-state index contributed by atoms with van der Waals surface area (Å²) in [7, 11) is 1.84. The summed E-state index contributed by atoms with van der Waals surface area (Å²) in [5.41, 5.74) is 4.13. The van der Waals surface area contributed by atoms with E-state index in [4.69, 9.17) is 0 Å². The number of fused-ring (bicyclic) bond motifs is 3. The van der Waals surface area contributed by atoms with Gasteiger partial charge < -0.3 is 14.7 Å². The van der Waals surface area contributed by atoms with Crippen LogP contribution < -0.4 is 9.80 Å². The topological polar surface area (TPSA) is 26.8 Å². The van der Waals surface area contributed by atoms with Gasteiger partial charge in [0.1, 0.15) is 5.82 Å². The van der Waals surface area contributed by atoms with Crippen LogP contribution in [0.25, 0.3) is 0 Å². The lowest BCUT2D eigenvalue weighted by molar-refractivity contribution is 0.0971. The Morgan fingerprint density at radius 1 is 1.13 bits per heavy atom. The van der Waals surface area contributed by atoms with E-state index in [1.54, 1.807) is 17.0 Å². The van der Waals surface area contributed by atoms with Gasteiger partial charge in [-0.1, -0.05) is 12.1 Å². The van der Waals surface area contributed by atoms with Crippen molar-refractivity contribution < 1.29 is 13.6 Å². The lowest BCUT2D eigenvalue weighted by atomic mass is 9.89. The minimum absolute atomic E-state index is 0.0647. The number of nitrogens with zero attached hydrogens (tertiary/aromatic N) is 3. The van der Waals surface area contributed by atoms with E-state index in [1.165, 1.54) is 23.4 Å². The van der Waals surface area contributed by atoms with E-state index in [-0.39, 0.29) is 11.6 Å². The zero-order valence-electron chi connectivity index (χ0n) is 17.2. The Labute approximate surface area is 176 Å². The maximum absolute atomic E-state index is 14.6. The van der Waals surface area contributed by atoms with Crippen LogP contribution in [0.4, 0.5) is 20.2 Å². The van der Waals surface area contributed by atoms with Crippen LogP contribution in [0, 0.1) is 5.82 Å². The molecule has 3 atom stereocenters. The molecule has 0 radical (unpaired) electrons. The summed E-state index contributed by atoms with van der Waals surface area (Å²) in [6.07, 6.45) is 1.31. The van der Waals surface area contributed by atoms with Gasteiger partial charge in [0, 0.05) is 44.1 Å². The van der Waals surface area contributed by atoms with Crippen LogP contribution in [0.15, 0.2) is 42.5 Å². The van der Waals surface area contributed by atoms with E-state index >= 15 is 0 Å². The Morgan fingerprint density at radius 3 is 2.73 bits per heavy atom. The fraction of sp³-hybridized carbons (Fsp3) is 0.458. The van der Waals surface area contributed by atoms with Crippen LogP contribution in [0.3, 0.4) is 0 Å². The molecule has 5 rings (SSSR count). The number of alkyl halides is 1. The smallest absolute Gasteiger partial charge is 0.189 e. The Morgan fingerprint density at radius 2 is 1.93 bits per heavy atom. The third-order valence-electron chi connectivity index (χ3n) is 6.99. The zero-order chi connectivity index (χ0) is 20.8. The Bertz CT molecular complexity index is 948. The third kappa shape index (κ3) is 3.27. The number of likely N-dealkylation sites (N-methyl/N-ethyl adjacent to an activating group) is 1. The molecule has 1 fully saturated rings. The molecule has 0 N–H and O–H groups in total. The average Bonchev–Trinajstić information content (AvgIpc) is 3.06. The Kier molecular flexibility index (Phi) is 4.97. The van der Waals surface area contributed by atoms with E-state index in [0.717, 1.165) is 38.2 Å². The molecular formula is C24H27F2N3O. The molecule has 0 saturated carbocycles. The number of hydrogen-bond donors (Lipinski definition) is 0.